The molecule has 0 aromatic heterocycles. The fourth-order valence-electron chi connectivity index (χ4n) is 2.58. The molecule has 3 rings (SSSR count). The van der Waals surface area contributed by atoms with Gasteiger partial charge >= 0.3 is 5.97 Å². The molecule has 10 heteroatoms. The number of carboxylic acids is 1. The molecule has 6 nitrogen and oxygen atoms in total. The monoisotopic (exact) mass is 652 g/mol. The van der Waals surface area contributed by atoms with E-state index >= 15 is 0 Å². The van der Waals surface area contributed by atoms with Gasteiger partial charge in [0.2, 0.25) is 0 Å². The first kappa shape index (κ1) is 23.0. The van der Waals surface area contributed by atoms with Crippen LogP contribution in [-0.4, -0.2) is 40.2 Å². The Bertz CT molecular complexity index is 1030. The molecule has 156 valence electrons. The highest BCUT2D eigenvalue weighted by molar-refractivity contribution is 14.1. The smallest absolute Gasteiger partial charge is 0.341 e. The summed E-state index contributed by atoms with van der Waals surface area (Å²) in [7, 11) is 0. The minimum absolute atomic E-state index is 0.153. The molecule has 1 saturated heterocycles. The number of carboxylic acid groups (broad SMARTS) is 1. The standard InChI is InChI=1S/C20H15FI2N2O4S/c1-2-25-19(28)16(30-20(25)24-13-5-3-12(21)4-6-13)9-11-7-14(22)18(15(23)8-11)29-10-17(26)27/h3-9H,2,10H2,1H3,(H,26,27)/b16-9+,24-20?. The van der Waals surface area contributed by atoms with Crippen molar-refractivity contribution in [3.05, 3.63) is 59.8 Å². The Labute approximate surface area is 203 Å². The third-order valence-corrected chi connectivity index (χ3v) is 6.52. The van der Waals surface area contributed by atoms with Crippen molar-refractivity contribution < 1.29 is 23.8 Å². The van der Waals surface area contributed by atoms with Gasteiger partial charge in [-0.15, -0.1) is 0 Å². The van der Waals surface area contributed by atoms with E-state index in [1.165, 1.54) is 23.9 Å². The number of nitrogens with zero attached hydrogens (tertiary/aromatic N) is 2. The Morgan fingerprint density at radius 2 is 1.90 bits per heavy atom. The molecule has 0 radical (unpaired) electrons. The molecule has 2 aromatic rings. The van der Waals surface area contributed by atoms with Gasteiger partial charge < -0.3 is 9.84 Å². The number of amidine groups is 1. The van der Waals surface area contributed by atoms with Gasteiger partial charge in [0, 0.05) is 6.54 Å². The second kappa shape index (κ2) is 10.1. The lowest BCUT2D eigenvalue weighted by Crippen LogP contribution is -2.28. The summed E-state index contributed by atoms with van der Waals surface area (Å²) in [4.78, 5) is 30.1. The summed E-state index contributed by atoms with van der Waals surface area (Å²) in [5.41, 5.74) is 1.36. The Hall–Kier alpha value is -1.67. The average Bonchev–Trinajstić information content (AvgIpc) is 2.97. The molecule has 1 heterocycles. The van der Waals surface area contributed by atoms with E-state index < -0.39 is 12.6 Å². The molecule has 0 saturated carbocycles. The number of carbonyl (C=O) groups excluding carboxylic acids is 1. The summed E-state index contributed by atoms with van der Waals surface area (Å²) in [5, 5.41) is 9.34. The lowest BCUT2D eigenvalue weighted by atomic mass is 10.2. The van der Waals surface area contributed by atoms with Gasteiger partial charge in [-0.3, -0.25) is 9.69 Å². The van der Waals surface area contributed by atoms with Crippen LogP contribution in [0.2, 0.25) is 0 Å². The summed E-state index contributed by atoms with van der Waals surface area (Å²) in [6.07, 6.45) is 1.77. The fraction of sp³-hybridized carbons (Fsp3) is 0.150. The second-order valence-corrected chi connectivity index (χ2v) is 9.36. The lowest BCUT2D eigenvalue weighted by molar-refractivity contribution is -0.139. The number of hydrogen-bond donors (Lipinski definition) is 1. The van der Waals surface area contributed by atoms with Gasteiger partial charge in [-0.05, 0) is 112 Å². The number of ether oxygens (including phenoxy) is 1. The number of aliphatic carboxylic acids is 1. The number of halogens is 3. The molecule has 1 amide bonds. The van der Waals surface area contributed by atoms with E-state index in [1.54, 1.807) is 23.1 Å². The Kier molecular flexibility index (Phi) is 7.74. The first-order valence-corrected chi connectivity index (χ1v) is 11.6. The van der Waals surface area contributed by atoms with Gasteiger partial charge in [0.15, 0.2) is 11.8 Å². The molecule has 0 atom stereocenters. The van der Waals surface area contributed by atoms with Crippen LogP contribution >= 0.6 is 56.9 Å². The van der Waals surface area contributed by atoms with Crippen LogP contribution < -0.4 is 4.74 Å². The Balaban J connectivity index is 1.89. The zero-order chi connectivity index (χ0) is 21.8. The van der Waals surface area contributed by atoms with Crippen LogP contribution in [-0.2, 0) is 9.59 Å². The number of likely N-dealkylation sites (N-methyl/N-ethyl adjacent to an activating group) is 1. The molecule has 2 aromatic carbocycles. The van der Waals surface area contributed by atoms with Gasteiger partial charge in [0.05, 0.1) is 17.7 Å². The Morgan fingerprint density at radius 1 is 1.27 bits per heavy atom. The van der Waals surface area contributed by atoms with Crippen LogP contribution in [0.3, 0.4) is 0 Å². The maximum Gasteiger partial charge on any atom is 0.341 e. The van der Waals surface area contributed by atoms with Crippen LogP contribution in [0.4, 0.5) is 10.1 Å². The van der Waals surface area contributed by atoms with Crippen LogP contribution in [0.5, 0.6) is 5.75 Å². The molecule has 0 bridgehead atoms. The number of thioether (sulfide) groups is 1. The predicted octanol–water partition coefficient (Wildman–Crippen LogP) is 5.12. The van der Waals surface area contributed by atoms with Crippen molar-refractivity contribution in [3.63, 3.8) is 0 Å². The van der Waals surface area contributed by atoms with Gasteiger partial charge in [-0.25, -0.2) is 14.2 Å². The van der Waals surface area contributed by atoms with E-state index in [-0.39, 0.29) is 11.7 Å². The summed E-state index contributed by atoms with van der Waals surface area (Å²) < 4.78 is 20.0. The number of rotatable bonds is 6. The van der Waals surface area contributed by atoms with Crippen molar-refractivity contribution >= 4 is 85.8 Å². The number of carbonyl (C=O) groups is 2. The van der Waals surface area contributed by atoms with Gasteiger partial charge in [0.1, 0.15) is 11.6 Å². The fourth-order valence-corrected chi connectivity index (χ4v) is 5.77. The summed E-state index contributed by atoms with van der Waals surface area (Å²) in [6.45, 7) is 1.90. The SMILES string of the molecule is CCN1C(=O)/C(=C\c2cc(I)c(OCC(=O)O)c(I)c2)SC1=Nc1ccc(F)cc1. The normalized spacial score (nSPS) is 16.5. The first-order chi connectivity index (χ1) is 14.3. The highest BCUT2D eigenvalue weighted by atomic mass is 127. The number of amides is 1. The molecule has 1 N–H and O–H groups in total. The molecule has 0 aliphatic carbocycles. The van der Waals surface area contributed by atoms with E-state index in [2.05, 4.69) is 50.2 Å². The summed E-state index contributed by atoms with van der Waals surface area (Å²) in [6, 6.07) is 9.42. The van der Waals surface area contributed by atoms with E-state index in [9.17, 15) is 14.0 Å². The van der Waals surface area contributed by atoms with E-state index in [1.807, 2.05) is 19.1 Å². The predicted molar refractivity (Wildman–Crippen MR) is 131 cm³/mol. The second-order valence-electron chi connectivity index (χ2n) is 6.03. The molecule has 1 aliphatic heterocycles. The lowest BCUT2D eigenvalue weighted by Gasteiger charge is -2.12. The van der Waals surface area contributed by atoms with Crippen molar-refractivity contribution in [2.45, 2.75) is 6.92 Å². The van der Waals surface area contributed by atoms with Crippen molar-refractivity contribution in [2.75, 3.05) is 13.2 Å². The third kappa shape index (κ3) is 5.52. The summed E-state index contributed by atoms with van der Waals surface area (Å²) >= 11 is 5.41. The van der Waals surface area contributed by atoms with Crippen LogP contribution in [0.25, 0.3) is 6.08 Å². The highest BCUT2D eigenvalue weighted by Crippen LogP contribution is 2.36. The number of hydrogen-bond acceptors (Lipinski definition) is 5. The minimum atomic E-state index is -1.05. The minimum Gasteiger partial charge on any atom is -0.480 e. The van der Waals surface area contributed by atoms with Crippen molar-refractivity contribution in [1.82, 2.24) is 4.90 Å². The molecule has 30 heavy (non-hydrogen) atoms. The largest absolute Gasteiger partial charge is 0.480 e. The van der Waals surface area contributed by atoms with Gasteiger partial charge in [-0.2, -0.15) is 0 Å². The molecular formula is C20H15FI2N2O4S. The topological polar surface area (TPSA) is 79.2 Å². The molecule has 1 aliphatic rings. The Morgan fingerprint density at radius 3 is 2.47 bits per heavy atom. The first-order valence-electron chi connectivity index (χ1n) is 8.67. The summed E-state index contributed by atoms with van der Waals surface area (Å²) in [5.74, 6) is -1.05. The van der Waals surface area contributed by atoms with Gasteiger partial charge in [-0.1, -0.05) is 0 Å². The van der Waals surface area contributed by atoms with Crippen molar-refractivity contribution in [1.29, 1.82) is 0 Å². The molecule has 0 spiro atoms. The van der Waals surface area contributed by atoms with Crippen LogP contribution in [0.1, 0.15) is 12.5 Å². The van der Waals surface area contributed by atoms with E-state index in [4.69, 9.17) is 9.84 Å². The van der Waals surface area contributed by atoms with E-state index in [0.717, 1.165) is 12.7 Å². The highest BCUT2D eigenvalue weighted by Gasteiger charge is 2.32. The average molecular weight is 652 g/mol. The molecule has 0 unspecified atom stereocenters. The van der Waals surface area contributed by atoms with Crippen molar-refractivity contribution in [3.8, 4) is 5.75 Å². The third-order valence-electron chi connectivity index (χ3n) is 3.91. The quantitative estimate of drug-likeness (QED) is 0.347. The van der Waals surface area contributed by atoms with E-state index in [0.29, 0.717) is 28.1 Å². The zero-order valence-corrected chi connectivity index (χ0v) is 20.7. The molecular weight excluding hydrogens is 637 g/mol. The zero-order valence-electron chi connectivity index (χ0n) is 15.6. The van der Waals surface area contributed by atoms with Crippen LogP contribution in [0, 0.1) is 13.0 Å². The maximum atomic E-state index is 13.1. The van der Waals surface area contributed by atoms with Crippen LogP contribution in [0.15, 0.2) is 46.3 Å². The van der Waals surface area contributed by atoms with Gasteiger partial charge in [0.25, 0.3) is 5.91 Å². The number of aliphatic imine (C=N–C) groups is 1. The number of benzene rings is 2. The maximum absolute atomic E-state index is 13.1. The van der Waals surface area contributed by atoms with Crippen molar-refractivity contribution in [2.24, 2.45) is 4.99 Å². The molecule has 1 fully saturated rings.